The largest absolute Gasteiger partial charge is 0.507 e. The molecule has 5 N–H and O–H groups in total. The van der Waals surface area contributed by atoms with E-state index in [9.17, 15) is 29.4 Å². The number of nitrogens with one attached hydrogen (secondary N) is 3. The highest BCUT2D eigenvalue weighted by molar-refractivity contribution is 6.48. The standard InChI is InChI=1S/C27H22N4O6/c1-13-8-17(30-15(3)33)5-6-18(13)20-11-24(34)22(10-19(20)14(2)32)25(29)26(35)31-23-7-4-16(12-28)9-21(23)27(36)37/h4-11,29,34H,1-3H3,(H,30,33)(H,31,35)(H,36,37). The van der Waals surface area contributed by atoms with Gasteiger partial charge in [0.2, 0.25) is 5.91 Å². The fourth-order valence-corrected chi connectivity index (χ4v) is 3.76. The molecule has 3 aromatic carbocycles. The molecule has 0 atom stereocenters. The first-order valence-corrected chi connectivity index (χ1v) is 10.9. The minimum atomic E-state index is -1.38. The van der Waals surface area contributed by atoms with Crippen molar-refractivity contribution in [2.75, 3.05) is 10.6 Å². The Hall–Kier alpha value is -5.30. The first kappa shape index (κ1) is 26.3. The molecule has 0 saturated heterocycles. The van der Waals surface area contributed by atoms with E-state index in [1.54, 1.807) is 25.1 Å². The number of carboxylic acids is 1. The van der Waals surface area contributed by atoms with E-state index in [4.69, 9.17) is 10.7 Å². The summed E-state index contributed by atoms with van der Waals surface area (Å²) in [6.45, 7) is 4.45. The van der Waals surface area contributed by atoms with Crippen LogP contribution in [0.25, 0.3) is 11.1 Å². The molecule has 0 saturated carbocycles. The third-order valence-electron chi connectivity index (χ3n) is 5.48. The molecule has 10 heteroatoms. The Balaban J connectivity index is 2.00. The quantitative estimate of drug-likeness (QED) is 0.240. The maximum Gasteiger partial charge on any atom is 0.337 e. The number of benzene rings is 3. The minimum absolute atomic E-state index is 0.0743. The van der Waals surface area contributed by atoms with Crippen LogP contribution in [0.1, 0.15) is 51.3 Å². The van der Waals surface area contributed by atoms with Gasteiger partial charge in [-0.2, -0.15) is 5.26 Å². The highest BCUT2D eigenvalue weighted by Crippen LogP contribution is 2.34. The van der Waals surface area contributed by atoms with Gasteiger partial charge in [0.1, 0.15) is 11.5 Å². The van der Waals surface area contributed by atoms with Gasteiger partial charge in [-0.25, -0.2) is 4.79 Å². The zero-order valence-corrected chi connectivity index (χ0v) is 20.1. The Labute approximate surface area is 211 Å². The topological polar surface area (TPSA) is 180 Å². The van der Waals surface area contributed by atoms with Crippen molar-refractivity contribution in [2.24, 2.45) is 0 Å². The number of carbonyl (C=O) groups is 4. The number of nitriles is 1. The highest BCUT2D eigenvalue weighted by Gasteiger charge is 2.23. The molecule has 0 radical (unpaired) electrons. The van der Waals surface area contributed by atoms with Crippen LogP contribution < -0.4 is 10.6 Å². The van der Waals surface area contributed by atoms with Gasteiger partial charge in [0.25, 0.3) is 5.91 Å². The van der Waals surface area contributed by atoms with Gasteiger partial charge in [-0.3, -0.25) is 19.8 Å². The Morgan fingerprint density at radius 2 is 1.59 bits per heavy atom. The third kappa shape index (κ3) is 5.68. The molecule has 0 aliphatic carbocycles. The highest BCUT2D eigenvalue weighted by atomic mass is 16.4. The predicted molar refractivity (Wildman–Crippen MR) is 136 cm³/mol. The lowest BCUT2D eigenvalue weighted by Crippen LogP contribution is -2.24. The molecular formula is C27H22N4O6. The van der Waals surface area contributed by atoms with Crippen LogP contribution in [0.2, 0.25) is 0 Å². The van der Waals surface area contributed by atoms with E-state index in [0.717, 1.165) is 6.07 Å². The lowest BCUT2D eigenvalue weighted by Gasteiger charge is -2.16. The smallest absolute Gasteiger partial charge is 0.337 e. The van der Waals surface area contributed by atoms with Crippen LogP contribution in [-0.2, 0) is 9.59 Å². The Morgan fingerprint density at radius 1 is 0.892 bits per heavy atom. The van der Waals surface area contributed by atoms with Gasteiger partial charge in [-0.05, 0) is 73.0 Å². The monoisotopic (exact) mass is 498 g/mol. The maximum atomic E-state index is 12.8. The van der Waals surface area contributed by atoms with Crippen molar-refractivity contribution in [2.45, 2.75) is 20.8 Å². The summed E-state index contributed by atoms with van der Waals surface area (Å²) >= 11 is 0. The number of phenolic OH excluding ortho intramolecular Hbond substituents is 1. The number of carboxylic acid groups (broad SMARTS) is 1. The average molecular weight is 498 g/mol. The second-order valence-corrected chi connectivity index (χ2v) is 8.19. The normalized spacial score (nSPS) is 10.2. The summed E-state index contributed by atoms with van der Waals surface area (Å²) in [6, 6.07) is 13.0. The summed E-state index contributed by atoms with van der Waals surface area (Å²) < 4.78 is 0. The fraction of sp³-hybridized carbons (Fsp3) is 0.111. The Bertz CT molecular complexity index is 1530. The molecule has 10 nitrogen and oxygen atoms in total. The summed E-state index contributed by atoms with van der Waals surface area (Å²) in [6.07, 6.45) is 0. The van der Waals surface area contributed by atoms with Crippen molar-refractivity contribution in [3.05, 3.63) is 76.3 Å². The first-order chi connectivity index (χ1) is 17.4. The van der Waals surface area contributed by atoms with Crippen LogP contribution in [-0.4, -0.2) is 39.5 Å². The second kappa shape index (κ2) is 10.5. The molecular weight excluding hydrogens is 476 g/mol. The van der Waals surface area contributed by atoms with E-state index >= 15 is 0 Å². The number of nitrogens with zero attached hydrogens (tertiary/aromatic N) is 1. The zero-order chi connectivity index (χ0) is 27.4. The minimum Gasteiger partial charge on any atom is -0.507 e. The third-order valence-corrected chi connectivity index (χ3v) is 5.48. The summed E-state index contributed by atoms with van der Waals surface area (Å²) in [5.74, 6) is -3.48. The van der Waals surface area contributed by atoms with Gasteiger partial charge in [-0.1, -0.05) is 6.07 Å². The van der Waals surface area contributed by atoms with Gasteiger partial charge in [0.05, 0.1) is 22.9 Å². The summed E-state index contributed by atoms with van der Waals surface area (Å²) in [4.78, 5) is 48.2. The maximum absolute atomic E-state index is 12.8. The number of carbonyl (C=O) groups excluding carboxylic acids is 3. The van der Waals surface area contributed by atoms with Crippen molar-refractivity contribution >= 4 is 40.7 Å². The summed E-state index contributed by atoms with van der Waals surface area (Å²) in [5, 5.41) is 42.4. The van der Waals surface area contributed by atoms with Crippen LogP contribution in [0.15, 0.2) is 48.5 Å². The van der Waals surface area contributed by atoms with E-state index in [1.807, 2.05) is 6.07 Å². The number of amides is 2. The van der Waals surface area contributed by atoms with E-state index in [1.165, 1.54) is 38.1 Å². The van der Waals surface area contributed by atoms with Crippen molar-refractivity contribution < 1.29 is 29.4 Å². The van der Waals surface area contributed by atoms with E-state index in [-0.39, 0.29) is 39.6 Å². The number of anilines is 2. The Morgan fingerprint density at radius 3 is 2.16 bits per heavy atom. The number of phenols is 1. The van der Waals surface area contributed by atoms with E-state index in [0.29, 0.717) is 22.4 Å². The molecule has 3 rings (SSSR count). The second-order valence-electron chi connectivity index (χ2n) is 8.19. The molecule has 0 bridgehead atoms. The number of hydrogen-bond donors (Lipinski definition) is 5. The van der Waals surface area contributed by atoms with Crippen LogP contribution >= 0.6 is 0 Å². The number of aryl methyl sites for hydroxylation is 1. The summed E-state index contributed by atoms with van der Waals surface area (Å²) in [7, 11) is 0. The average Bonchev–Trinajstić information content (AvgIpc) is 2.83. The lowest BCUT2D eigenvalue weighted by molar-refractivity contribution is -0.114. The molecule has 0 spiro atoms. The number of Topliss-reactive ketones (excluding diaryl/α,β-unsaturated/α-hetero) is 1. The zero-order valence-electron chi connectivity index (χ0n) is 20.1. The molecule has 0 aromatic heterocycles. The van der Waals surface area contributed by atoms with Crippen molar-refractivity contribution in [1.29, 1.82) is 10.7 Å². The van der Waals surface area contributed by atoms with Crippen LogP contribution in [0.4, 0.5) is 11.4 Å². The molecule has 0 aliphatic rings. The number of ketones is 1. The molecule has 2 amide bonds. The van der Waals surface area contributed by atoms with Crippen LogP contribution in [0.5, 0.6) is 5.75 Å². The van der Waals surface area contributed by atoms with E-state index in [2.05, 4.69) is 10.6 Å². The lowest BCUT2D eigenvalue weighted by atomic mass is 9.90. The van der Waals surface area contributed by atoms with Gasteiger partial charge in [0, 0.05) is 23.7 Å². The molecule has 0 heterocycles. The molecule has 0 unspecified atom stereocenters. The summed E-state index contributed by atoms with van der Waals surface area (Å²) in [5.41, 5.74) is 1.03. The number of hydrogen-bond acceptors (Lipinski definition) is 7. The molecule has 0 aliphatic heterocycles. The SMILES string of the molecule is CC(=O)Nc1ccc(-c2cc(O)c(C(=N)C(=O)Nc3ccc(C#N)cc3C(=O)O)cc2C(C)=O)c(C)c1. The molecule has 186 valence electrons. The van der Waals surface area contributed by atoms with Crippen LogP contribution in [0.3, 0.4) is 0 Å². The number of aromatic carboxylic acids is 1. The van der Waals surface area contributed by atoms with Gasteiger partial charge < -0.3 is 20.8 Å². The van der Waals surface area contributed by atoms with Crippen molar-refractivity contribution in [1.82, 2.24) is 0 Å². The van der Waals surface area contributed by atoms with Gasteiger partial charge in [0.15, 0.2) is 5.78 Å². The van der Waals surface area contributed by atoms with Crippen LogP contribution in [0, 0.1) is 23.7 Å². The predicted octanol–water partition coefficient (Wildman–Crippen LogP) is 4.11. The van der Waals surface area contributed by atoms with E-state index < -0.39 is 23.3 Å². The molecule has 0 fully saturated rings. The first-order valence-electron chi connectivity index (χ1n) is 10.9. The molecule has 3 aromatic rings. The number of aromatic hydroxyl groups is 1. The number of rotatable bonds is 7. The molecule has 37 heavy (non-hydrogen) atoms. The van der Waals surface area contributed by atoms with Crippen molar-refractivity contribution in [3.63, 3.8) is 0 Å². The van der Waals surface area contributed by atoms with Gasteiger partial charge >= 0.3 is 5.97 Å². The van der Waals surface area contributed by atoms with Gasteiger partial charge in [-0.15, -0.1) is 0 Å². The van der Waals surface area contributed by atoms with Crippen molar-refractivity contribution in [3.8, 4) is 22.9 Å². The Kier molecular flexibility index (Phi) is 7.49. The fourth-order valence-electron chi connectivity index (χ4n) is 3.76.